The second-order valence-corrected chi connectivity index (χ2v) is 11.5. The van der Waals surface area contributed by atoms with E-state index in [2.05, 4.69) is 44.5 Å². The molecule has 0 spiro atoms. The number of methoxy groups -OCH3 is 1. The average molecular weight is 591 g/mol. The Balaban J connectivity index is 1.55. The highest BCUT2D eigenvalue weighted by atomic mass is 16.6. The highest BCUT2D eigenvalue weighted by Gasteiger charge is 2.44. The largest absolute Gasteiger partial charge is 0.443 e. The number of aliphatic hydroxyl groups is 2. The number of benzene rings is 2. The maximum absolute atomic E-state index is 13.0. The predicted molar refractivity (Wildman–Crippen MR) is 161 cm³/mol. The number of anilines is 2. The first-order valence-corrected chi connectivity index (χ1v) is 14.1. The fraction of sp³-hybridized carbons (Fsp3) is 0.419. The van der Waals surface area contributed by atoms with Crippen molar-refractivity contribution in [1.82, 2.24) is 19.5 Å². The van der Waals surface area contributed by atoms with Gasteiger partial charge in [0.25, 0.3) is 0 Å². The van der Waals surface area contributed by atoms with E-state index in [1.807, 2.05) is 36.4 Å². The van der Waals surface area contributed by atoms with Crippen LogP contribution in [0.3, 0.4) is 0 Å². The normalized spacial score (nSPS) is 20.5. The molecule has 0 radical (unpaired) electrons. The molecule has 0 saturated carbocycles. The van der Waals surface area contributed by atoms with Gasteiger partial charge in [-0.15, -0.1) is 0 Å². The summed E-state index contributed by atoms with van der Waals surface area (Å²) < 4.78 is 18.2. The van der Waals surface area contributed by atoms with Crippen molar-refractivity contribution in [1.29, 1.82) is 0 Å². The lowest BCUT2D eigenvalue weighted by atomic mass is 9.91. The van der Waals surface area contributed by atoms with E-state index >= 15 is 0 Å². The molecule has 1 aliphatic heterocycles. The van der Waals surface area contributed by atoms with Crippen LogP contribution in [0.15, 0.2) is 67.0 Å². The number of hydrogen-bond acceptors (Lipinski definition) is 10. The predicted octanol–water partition coefficient (Wildman–Crippen LogP) is 3.71. The van der Waals surface area contributed by atoms with E-state index < -0.39 is 36.2 Å². The molecule has 12 nitrogen and oxygen atoms in total. The summed E-state index contributed by atoms with van der Waals surface area (Å²) in [4.78, 5) is 28.1. The first-order chi connectivity index (χ1) is 20.6. The molecule has 0 unspecified atom stereocenters. The molecule has 1 aliphatic rings. The Morgan fingerprint density at radius 2 is 1.67 bits per heavy atom. The van der Waals surface area contributed by atoms with Crippen LogP contribution in [-0.2, 0) is 14.2 Å². The van der Waals surface area contributed by atoms with E-state index in [4.69, 9.17) is 14.2 Å². The molecule has 5 rings (SSSR count). The van der Waals surface area contributed by atoms with Crippen molar-refractivity contribution >= 4 is 29.0 Å². The number of hydrogen-bond donors (Lipinski definition) is 3. The highest BCUT2D eigenvalue weighted by Crippen LogP contribution is 2.34. The van der Waals surface area contributed by atoms with Crippen molar-refractivity contribution in [2.24, 2.45) is 0 Å². The van der Waals surface area contributed by atoms with E-state index in [1.54, 1.807) is 20.8 Å². The molecule has 12 heteroatoms. The molecule has 3 heterocycles. The smallest absolute Gasteiger partial charge is 0.416 e. The summed E-state index contributed by atoms with van der Waals surface area (Å²) in [5.74, 6) is 0.419. The molecule has 0 aliphatic carbocycles. The third-order valence-corrected chi connectivity index (χ3v) is 7.20. The zero-order valence-corrected chi connectivity index (χ0v) is 24.9. The molecule has 1 saturated heterocycles. The van der Waals surface area contributed by atoms with Crippen LogP contribution in [0, 0.1) is 0 Å². The molecule has 2 aromatic carbocycles. The lowest BCUT2D eigenvalue weighted by molar-refractivity contribution is -0.0580. The lowest BCUT2D eigenvalue weighted by Crippen LogP contribution is -2.35. The SMILES string of the molecule is COC[C@H]1O[C@@H](n2cnc3c(NCC(c4ccccc4)c4ccccc4)nc(N(C)C(=O)OC(C)(C)C)nc32)[C@H](O)[C@@H]1O. The van der Waals surface area contributed by atoms with Gasteiger partial charge in [0, 0.05) is 26.6 Å². The van der Waals surface area contributed by atoms with Crippen LogP contribution in [0.1, 0.15) is 44.0 Å². The van der Waals surface area contributed by atoms with Crippen molar-refractivity contribution in [3.63, 3.8) is 0 Å². The molecule has 1 amide bonds. The Labute approximate surface area is 250 Å². The number of aromatic nitrogens is 4. The minimum atomic E-state index is -1.27. The summed E-state index contributed by atoms with van der Waals surface area (Å²) in [6.07, 6.45) is -3.35. The Hall–Kier alpha value is -4.10. The molecular weight excluding hydrogens is 552 g/mol. The number of carbonyl (C=O) groups is 1. The van der Waals surface area contributed by atoms with Crippen LogP contribution in [0.5, 0.6) is 0 Å². The Morgan fingerprint density at radius 1 is 1.05 bits per heavy atom. The third-order valence-electron chi connectivity index (χ3n) is 7.20. The third kappa shape index (κ3) is 6.62. The summed E-state index contributed by atoms with van der Waals surface area (Å²) in [5, 5.41) is 24.9. The minimum absolute atomic E-state index is 0.0218. The number of fused-ring (bicyclic) bond motifs is 1. The fourth-order valence-electron chi connectivity index (χ4n) is 5.04. The van der Waals surface area contributed by atoms with Gasteiger partial charge in [-0.3, -0.25) is 4.57 Å². The topological polar surface area (TPSA) is 144 Å². The van der Waals surface area contributed by atoms with Gasteiger partial charge in [0.1, 0.15) is 23.9 Å². The lowest BCUT2D eigenvalue weighted by Gasteiger charge is -2.24. The van der Waals surface area contributed by atoms with Crippen molar-refractivity contribution in [3.05, 3.63) is 78.1 Å². The standard InChI is InChI=1S/C31H38N6O6/c1-31(2,3)43-30(40)36(4)29-34-26(32-16-21(19-12-8-6-9-13-19)20-14-10-7-11-15-20)23-27(35-29)37(18-33-23)28-25(39)24(38)22(42-28)17-41-5/h6-15,18,21-22,24-25,28,38-39H,16-17H2,1-5H3,(H,32,34,35)/t22-,24-,25-,28-/m1/s1. The van der Waals surface area contributed by atoms with Crippen LogP contribution in [-0.4, -0.2) is 87.0 Å². The first-order valence-electron chi connectivity index (χ1n) is 14.1. The fourth-order valence-corrected chi connectivity index (χ4v) is 5.04. The van der Waals surface area contributed by atoms with Crippen molar-refractivity contribution in [3.8, 4) is 0 Å². The van der Waals surface area contributed by atoms with E-state index in [0.29, 0.717) is 23.5 Å². The van der Waals surface area contributed by atoms with Gasteiger partial charge in [0.15, 0.2) is 23.2 Å². The zero-order chi connectivity index (χ0) is 30.7. The molecule has 3 N–H and O–H groups in total. The summed E-state index contributed by atoms with van der Waals surface area (Å²) in [6, 6.07) is 20.3. The van der Waals surface area contributed by atoms with E-state index in [-0.39, 0.29) is 18.5 Å². The number of nitrogens with zero attached hydrogens (tertiary/aromatic N) is 5. The maximum Gasteiger partial charge on any atom is 0.416 e. The minimum Gasteiger partial charge on any atom is -0.443 e. The summed E-state index contributed by atoms with van der Waals surface area (Å²) in [5.41, 5.74) is 2.20. The van der Waals surface area contributed by atoms with Crippen LogP contribution in [0.2, 0.25) is 0 Å². The molecular formula is C31H38N6O6. The van der Waals surface area contributed by atoms with Gasteiger partial charge in [-0.1, -0.05) is 60.7 Å². The van der Waals surface area contributed by atoms with Crippen LogP contribution in [0.25, 0.3) is 11.2 Å². The first kappa shape index (κ1) is 30.4. The molecule has 0 bridgehead atoms. The maximum atomic E-state index is 13.0. The number of nitrogens with one attached hydrogen (secondary N) is 1. The van der Waals surface area contributed by atoms with Gasteiger partial charge >= 0.3 is 6.09 Å². The number of amides is 1. The van der Waals surface area contributed by atoms with Crippen LogP contribution in [0.4, 0.5) is 16.6 Å². The van der Waals surface area contributed by atoms with E-state index in [1.165, 1.54) is 30.0 Å². The van der Waals surface area contributed by atoms with Gasteiger partial charge in [-0.25, -0.2) is 14.7 Å². The zero-order valence-electron chi connectivity index (χ0n) is 24.9. The van der Waals surface area contributed by atoms with Crippen LogP contribution >= 0.6 is 0 Å². The Morgan fingerprint density at radius 3 is 2.26 bits per heavy atom. The number of carbonyl (C=O) groups excluding carboxylic acids is 1. The van der Waals surface area contributed by atoms with Gasteiger partial charge < -0.3 is 29.7 Å². The van der Waals surface area contributed by atoms with E-state index in [9.17, 15) is 15.0 Å². The van der Waals surface area contributed by atoms with Gasteiger partial charge in [0.2, 0.25) is 5.95 Å². The van der Waals surface area contributed by atoms with E-state index in [0.717, 1.165) is 11.1 Å². The number of aliphatic hydroxyl groups excluding tert-OH is 2. The quantitative estimate of drug-likeness (QED) is 0.264. The summed E-state index contributed by atoms with van der Waals surface area (Å²) >= 11 is 0. The molecule has 4 atom stereocenters. The number of imidazole rings is 1. The summed E-state index contributed by atoms with van der Waals surface area (Å²) in [6.45, 7) is 5.88. The Kier molecular flexibility index (Phi) is 8.92. The Bertz CT molecular complexity index is 1490. The molecule has 4 aromatic rings. The average Bonchev–Trinajstić information content (AvgIpc) is 3.53. The summed E-state index contributed by atoms with van der Waals surface area (Å²) in [7, 11) is 3.01. The second-order valence-electron chi connectivity index (χ2n) is 11.5. The van der Waals surface area contributed by atoms with Gasteiger partial charge in [-0.2, -0.15) is 9.97 Å². The van der Waals surface area contributed by atoms with Crippen molar-refractivity contribution < 1.29 is 29.2 Å². The van der Waals surface area contributed by atoms with Crippen molar-refractivity contribution in [2.45, 2.75) is 56.8 Å². The molecule has 1 fully saturated rings. The second kappa shape index (κ2) is 12.6. The number of rotatable bonds is 9. The number of ether oxygens (including phenoxy) is 3. The van der Waals surface area contributed by atoms with Crippen molar-refractivity contribution in [2.75, 3.05) is 37.5 Å². The molecule has 2 aromatic heterocycles. The van der Waals surface area contributed by atoms with Gasteiger partial charge in [-0.05, 0) is 31.9 Å². The molecule has 43 heavy (non-hydrogen) atoms. The highest BCUT2D eigenvalue weighted by molar-refractivity contribution is 5.89. The van der Waals surface area contributed by atoms with Gasteiger partial charge in [0.05, 0.1) is 12.9 Å². The monoisotopic (exact) mass is 590 g/mol. The van der Waals surface area contributed by atoms with Crippen LogP contribution < -0.4 is 10.2 Å². The molecule has 228 valence electrons.